The van der Waals surface area contributed by atoms with E-state index in [1.807, 2.05) is 41.0 Å². The van der Waals surface area contributed by atoms with Crippen molar-refractivity contribution < 1.29 is 19.1 Å². The van der Waals surface area contributed by atoms with Crippen LogP contribution in [-0.4, -0.2) is 90.4 Å². The standard InChI is InChI=1S/C28H34N4O4/c1-19-3-5-20(6-4-19)26(33)31-18-23(17-25(31)28(35)30-15-13-29-14-16-30)32(22-9-10-22)27(34)21-7-11-24(36-2)12-8-21/h3-8,11-12,22-23,25,29H,9-10,13-18H2,1-2H3. The minimum atomic E-state index is -0.577. The molecule has 1 N–H and O–H groups in total. The fourth-order valence-corrected chi connectivity index (χ4v) is 5.30. The van der Waals surface area contributed by atoms with Gasteiger partial charge in [0.15, 0.2) is 0 Å². The molecule has 0 bridgehead atoms. The van der Waals surface area contributed by atoms with Gasteiger partial charge in [-0.25, -0.2) is 0 Å². The highest BCUT2D eigenvalue weighted by Gasteiger charge is 2.48. The molecule has 8 nitrogen and oxygen atoms in total. The van der Waals surface area contributed by atoms with Crippen molar-refractivity contribution >= 4 is 17.7 Å². The van der Waals surface area contributed by atoms with Crippen molar-refractivity contribution in [3.8, 4) is 5.75 Å². The maximum atomic E-state index is 13.7. The first-order chi connectivity index (χ1) is 17.5. The van der Waals surface area contributed by atoms with Crippen LogP contribution in [-0.2, 0) is 4.79 Å². The zero-order valence-electron chi connectivity index (χ0n) is 21.0. The number of aryl methyl sites for hydroxylation is 1. The first-order valence-corrected chi connectivity index (χ1v) is 12.8. The summed E-state index contributed by atoms with van der Waals surface area (Å²) in [4.78, 5) is 46.4. The van der Waals surface area contributed by atoms with E-state index < -0.39 is 6.04 Å². The Morgan fingerprint density at radius 3 is 2.17 bits per heavy atom. The number of methoxy groups -OCH3 is 1. The van der Waals surface area contributed by atoms with Gasteiger partial charge in [-0.2, -0.15) is 0 Å². The number of nitrogens with zero attached hydrogens (tertiary/aromatic N) is 3. The molecule has 2 aromatic carbocycles. The Morgan fingerprint density at radius 2 is 1.56 bits per heavy atom. The molecular formula is C28H34N4O4. The van der Waals surface area contributed by atoms with Crippen LogP contribution in [0.2, 0.25) is 0 Å². The molecule has 2 aliphatic heterocycles. The number of carbonyl (C=O) groups excluding carboxylic acids is 3. The largest absolute Gasteiger partial charge is 0.497 e. The lowest BCUT2D eigenvalue weighted by molar-refractivity contribution is -0.135. The van der Waals surface area contributed by atoms with Crippen LogP contribution < -0.4 is 10.1 Å². The summed E-state index contributed by atoms with van der Waals surface area (Å²) < 4.78 is 5.24. The average molecular weight is 491 g/mol. The molecule has 2 heterocycles. The van der Waals surface area contributed by atoms with Crippen molar-refractivity contribution in [1.82, 2.24) is 20.0 Å². The van der Waals surface area contributed by atoms with Gasteiger partial charge < -0.3 is 24.8 Å². The van der Waals surface area contributed by atoms with Crippen molar-refractivity contribution in [1.29, 1.82) is 0 Å². The normalized spacial score (nSPS) is 21.8. The molecule has 36 heavy (non-hydrogen) atoms. The molecule has 3 fully saturated rings. The zero-order valence-corrected chi connectivity index (χ0v) is 21.0. The number of benzene rings is 2. The van der Waals surface area contributed by atoms with E-state index in [1.54, 1.807) is 36.3 Å². The molecule has 0 radical (unpaired) electrons. The molecule has 0 spiro atoms. The van der Waals surface area contributed by atoms with Crippen LogP contribution >= 0.6 is 0 Å². The molecule has 8 heteroatoms. The lowest BCUT2D eigenvalue weighted by Crippen LogP contribution is -2.53. The first kappa shape index (κ1) is 24.3. The lowest BCUT2D eigenvalue weighted by atomic mass is 10.1. The van der Waals surface area contributed by atoms with Gasteiger partial charge in [-0.3, -0.25) is 14.4 Å². The predicted octanol–water partition coefficient (Wildman–Crippen LogP) is 2.32. The van der Waals surface area contributed by atoms with E-state index >= 15 is 0 Å². The summed E-state index contributed by atoms with van der Waals surface area (Å²) >= 11 is 0. The summed E-state index contributed by atoms with van der Waals surface area (Å²) in [6, 6.07) is 14.0. The third-order valence-electron chi connectivity index (χ3n) is 7.46. The van der Waals surface area contributed by atoms with Gasteiger partial charge >= 0.3 is 0 Å². The fraction of sp³-hybridized carbons (Fsp3) is 0.464. The lowest BCUT2D eigenvalue weighted by Gasteiger charge is -2.32. The van der Waals surface area contributed by atoms with Crippen LogP contribution in [0, 0.1) is 6.92 Å². The van der Waals surface area contributed by atoms with Gasteiger partial charge in [-0.15, -0.1) is 0 Å². The van der Waals surface area contributed by atoms with Crippen LogP contribution in [0.1, 0.15) is 45.5 Å². The number of likely N-dealkylation sites (tertiary alicyclic amines) is 1. The predicted molar refractivity (Wildman–Crippen MR) is 136 cm³/mol. The molecule has 190 valence electrons. The van der Waals surface area contributed by atoms with Crippen molar-refractivity contribution in [3.05, 3.63) is 65.2 Å². The summed E-state index contributed by atoms with van der Waals surface area (Å²) in [5, 5.41) is 3.28. The molecule has 1 aliphatic carbocycles. The summed E-state index contributed by atoms with van der Waals surface area (Å²) in [6.07, 6.45) is 2.35. The Kier molecular flexibility index (Phi) is 6.96. The van der Waals surface area contributed by atoms with E-state index in [9.17, 15) is 14.4 Å². The molecule has 5 rings (SSSR count). The number of piperazine rings is 1. The molecule has 2 unspecified atom stereocenters. The molecule has 3 amide bonds. The van der Waals surface area contributed by atoms with Crippen molar-refractivity contribution in [2.75, 3.05) is 39.8 Å². The third kappa shape index (κ3) is 4.95. The molecule has 0 aromatic heterocycles. The molecular weight excluding hydrogens is 456 g/mol. The second-order valence-electron chi connectivity index (χ2n) is 9.98. The van der Waals surface area contributed by atoms with Crippen LogP contribution in [0.4, 0.5) is 0 Å². The minimum absolute atomic E-state index is 0.0212. The maximum absolute atomic E-state index is 13.7. The van der Waals surface area contributed by atoms with Gasteiger partial charge in [-0.1, -0.05) is 17.7 Å². The van der Waals surface area contributed by atoms with Crippen molar-refractivity contribution in [3.63, 3.8) is 0 Å². The first-order valence-electron chi connectivity index (χ1n) is 12.8. The van der Waals surface area contributed by atoms with E-state index in [1.165, 1.54) is 0 Å². The highest BCUT2D eigenvalue weighted by Crippen LogP contribution is 2.36. The maximum Gasteiger partial charge on any atom is 0.254 e. The number of ether oxygens (including phenoxy) is 1. The van der Waals surface area contributed by atoms with Crippen LogP contribution in [0.25, 0.3) is 0 Å². The second-order valence-corrected chi connectivity index (χ2v) is 9.98. The monoisotopic (exact) mass is 490 g/mol. The van der Waals surface area contributed by atoms with Gasteiger partial charge in [0.25, 0.3) is 11.8 Å². The average Bonchev–Trinajstić information content (AvgIpc) is 3.66. The van der Waals surface area contributed by atoms with Gasteiger partial charge in [0, 0.05) is 49.9 Å². The van der Waals surface area contributed by atoms with Gasteiger partial charge in [0.1, 0.15) is 11.8 Å². The SMILES string of the molecule is COc1ccc(C(=O)N(C2CC2)C2CC(C(=O)N3CCNCC3)N(C(=O)c3ccc(C)cc3)C2)cc1. The highest BCUT2D eigenvalue weighted by atomic mass is 16.5. The molecule has 2 atom stereocenters. The Bertz CT molecular complexity index is 1110. The van der Waals surface area contributed by atoms with Crippen LogP contribution in [0.15, 0.2) is 48.5 Å². The quantitative estimate of drug-likeness (QED) is 0.672. The number of amides is 3. The van der Waals surface area contributed by atoms with E-state index in [-0.39, 0.29) is 29.8 Å². The van der Waals surface area contributed by atoms with E-state index in [0.717, 1.165) is 31.5 Å². The van der Waals surface area contributed by atoms with Gasteiger partial charge in [-0.05, 0) is 62.6 Å². The Labute approximate surface area is 212 Å². The number of carbonyl (C=O) groups is 3. The number of nitrogens with one attached hydrogen (secondary N) is 1. The van der Waals surface area contributed by atoms with Crippen molar-refractivity contribution in [2.45, 2.75) is 44.3 Å². The van der Waals surface area contributed by atoms with E-state index in [4.69, 9.17) is 4.74 Å². The molecule has 2 aromatic rings. The van der Waals surface area contributed by atoms with Crippen LogP contribution in [0.3, 0.4) is 0 Å². The van der Waals surface area contributed by atoms with Crippen LogP contribution in [0.5, 0.6) is 5.75 Å². The number of hydrogen-bond acceptors (Lipinski definition) is 5. The number of rotatable bonds is 6. The van der Waals surface area contributed by atoms with E-state index in [0.29, 0.717) is 42.9 Å². The summed E-state index contributed by atoms with van der Waals surface area (Å²) in [5.41, 5.74) is 2.24. The number of hydrogen-bond donors (Lipinski definition) is 1. The Hall–Kier alpha value is -3.39. The Balaban J connectivity index is 1.42. The summed E-state index contributed by atoms with van der Waals surface area (Å²) in [5.74, 6) is 0.468. The zero-order chi connectivity index (χ0) is 25.2. The van der Waals surface area contributed by atoms with Gasteiger partial charge in [0.05, 0.1) is 13.2 Å². The minimum Gasteiger partial charge on any atom is -0.497 e. The molecule has 1 saturated carbocycles. The fourth-order valence-electron chi connectivity index (χ4n) is 5.30. The molecule has 2 saturated heterocycles. The Morgan fingerprint density at radius 1 is 0.917 bits per heavy atom. The topological polar surface area (TPSA) is 82.2 Å². The highest BCUT2D eigenvalue weighted by molar-refractivity contribution is 5.99. The second kappa shape index (κ2) is 10.3. The van der Waals surface area contributed by atoms with E-state index in [2.05, 4.69) is 5.32 Å². The van der Waals surface area contributed by atoms with Crippen molar-refractivity contribution in [2.24, 2.45) is 0 Å². The smallest absolute Gasteiger partial charge is 0.254 e. The molecule has 3 aliphatic rings. The summed E-state index contributed by atoms with van der Waals surface area (Å²) in [7, 11) is 1.60. The van der Waals surface area contributed by atoms with Gasteiger partial charge in [0.2, 0.25) is 5.91 Å². The third-order valence-corrected chi connectivity index (χ3v) is 7.46. The summed E-state index contributed by atoms with van der Waals surface area (Å²) in [6.45, 7) is 5.09.